The Balaban J connectivity index is 4.66. The normalized spacial score (nSPS) is 13.8. The summed E-state index contributed by atoms with van der Waals surface area (Å²) in [5.41, 5.74) is 0. The van der Waals surface area contributed by atoms with Crippen LogP contribution in [-0.4, -0.2) is 38.7 Å². The summed E-state index contributed by atoms with van der Waals surface area (Å²) in [6.45, 7) is 0. The number of unbranched alkanes of at least 4 members (excludes halogenated alkanes) is 1. The monoisotopic (exact) mass is 340 g/mol. The SMILES string of the molecule is C#CCCCC(C(=O)OC)S(=O)(=O)CC=CCCC(F)(F)F. The minimum Gasteiger partial charge on any atom is -0.468 e. The van der Waals surface area contributed by atoms with Crippen molar-refractivity contribution in [3.8, 4) is 12.3 Å². The number of halogens is 3. The molecule has 0 saturated heterocycles. The molecule has 0 aromatic rings. The lowest BCUT2D eigenvalue weighted by Gasteiger charge is -2.13. The quantitative estimate of drug-likeness (QED) is 0.280. The largest absolute Gasteiger partial charge is 0.468 e. The van der Waals surface area contributed by atoms with Crippen molar-refractivity contribution in [1.29, 1.82) is 0 Å². The van der Waals surface area contributed by atoms with Gasteiger partial charge in [-0.05, 0) is 19.3 Å². The Kier molecular flexibility index (Phi) is 8.87. The molecular formula is C14H19F3O4S. The second-order valence-electron chi connectivity index (χ2n) is 4.56. The highest BCUT2D eigenvalue weighted by Crippen LogP contribution is 2.21. The van der Waals surface area contributed by atoms with Gasteiger partial charge in [-0.1, -0.05) is 12.2 Å². The highest BCUT2D eigenvalue weighted by atomic mass is 32.2. The van der Waals surface area contributed by atoms with Crippen LogP contribution in [0.1, 0.15) is 32.1 Å². The van der Waals surface area contributed by atoms with E-state index < -0.39 is 39.4 Å². The van der Waals surface area contributed by atoms with Gasteiger partial charge < -0.3 is 4.74 Å². The smallest absolute Gasteiger partial charge is 0.389 e. The molecule has 0 radical (unpaired) electrons. The molecule has 0 N–H and O–H groups in total. The number of alkyl halides is 3. The summed E-state index contributed by atoms with van der Waals surface area (Å²) in [4.78, 5) is 11.5. The van der Waals surface area contributed by atoms with Gasteiger partial charge in [0.25, 0.3) is 0 Å². The number of hydrogen-bond donors (Lipinski definition) is 0. The molecule has 1 atom stereocenters. The molecule has 8 heteroatoms. The number of carbonyl (C=O) groups excluding carboxylic acids is 1. The van der Waals surface area contributed by atoms with Crippen molar-refractivity contribution in [3.05, 3.63) is 12.2 Å². The first-order valence-electron chi connectivity index (χ1n) is 6.58. The molecule has 4 nitrogen and oxygen atoms in total. The van der Waals surface area contributed by atoms with Crippen molar-refractivity contribution < 1.29 is 31.1 Å². The van der Waals surface area contributed by atoms with Gasteiger partial charge in [0.1, 0.15) is 0 Å². The van der Waals surface area contributed by atoms with E-state index in [0.717, 1.165) is 19.3 Å². The lowest BCUT2D eigenvalue weighted by atomic mass is 10.2. The zero-order chi connectivity index (χ0) is 17.2. The third kappa shape index (κ3) is 8.72. The lowest BCUT2D eigenvalue weighted by Crippen LogP contribution is -2.32. The van der Waals surface area contributed by atoms with Gasteiger partial charge in [-0.25, -0.2) is 8.42 Å². The predicted molar refractivity (Wildman–Crippen MR) is 76.7 cm³/mol. The standard InChI is InChI=1S/C14H19F3O4S/c1-3-4-6-9-12(13(18)21-2)22(19,20)11-8-5-7-10-14(15,16)17/h1,5,8,12H,4,6-7,9-11H2,2H3. The number of esters is 1. The van der Waals surface area contributed by atoms with E-state index >= 15 is 0 Å². The van der Waals surface area contributed by atoms with Gasteiger partial charge in [-0.2, -0.15) is 13.2 Å². The van der Waals surface area contributed by atoms with E-state index in [-0.39, 0.29) is 12.8 Å². The van der Waals surface area contributed by atoms with Crippen molar-refractivity contribution in [1.82, 2.24) is 0 Å². The molecule has 0 aliphatic carbocycles. The molecular weight excluding hydrogens is 321 g/mol. The number of terminal acetylenes is 1. The first kappa shape index (κ1) is 20.5. The second-order valence-corrected chi connectivity index (χ2v) is 6.79. The summed E-state index contributed by atoms with van der Waals surface area (Å²) in [5.74, 6) is 0.937. The Labute approximate surface area is 128 Å². The van der Waals surface area contributed by atoms with Gasteiger partial charge >= 0.3 is 12.1 Å². The van der Waals surface area contributed by atoms with Crippen LogP contribution < -0.4 is 0 Å². The van der Waals surface area contributed by atoms with Crippen LogP contribution in [0.4, 0.5) is 13.2 Å². The van der Waals surface area contributed by atoms with Crippen molar-refractivity contribution in [2.24, 2.45) is 0 Å². The third-order valence-electron chi connectivity index (χ3n) is 2.77. The zero-order valence-electron chi connectivity index (χ0n) is 12.2. The first-order valence-corrected chi connectivity index (χ1v) is 8.30. The molecule has 22 heavy (non-hydrogen) atoms. The lowest BCUT2D eigenvalue weighted by molar-refractivity contribution is -0.140. The maximum atomic E-state index is 12.1. The summed E-state index contributed by atoms with van der Waals surface area (Å²) in [6.07, 6.45) is 2.40. The van der Waals surface area contributed by atoms with E-state index in [1.165, 1.54) is 0 Å². The predicted octanol–water partition coefficient (Wildman–Crippen LogP) is 2.65. The highest BCUT2D eigenvalue weighted by Gasteiger charge is 2.32. The number of carbonyl (C=O) groups is 1. The molecule has 0 amide bonds. The van der Waals surface area contributed by atoms with Crippen LogP contribution >= 0.6 is 0 Å². The van der Waals surface area contributed by atoms with Gasteiger partial charge in [0.05, 0.1) is 12.9 Å². The summed E-state index contributed by atoms with van der Waals surface area (Å²) >= 11 is 0. The molecule has 0 bridgehead atoms. The fraction of sp³-hybridized carbons (Fsp3) is 0.643. The van der Waals surface area contributed by atoms with Crippen molar-refractivity contribution >= 4 is 15.8 Å². The average Bonchev–Trinajstić information content (AvgIpc) is 2.41. The number of ether oxygens (including phenoxy) is 1. The topological polar surface area (TPSA) is 60.4 Å². The van der Waals surface area contributed by atoms with Gasteiger partial charge in [-0.15, -0.1) is 12.3 Å². The van der Waals surface area contributed by atoms with Crippen LogP contribution in [-0.2, 0) is 19.4 Å². The number of sulfone groups is 1. The zero-order valence-corrected chi connectivity index (χ0v) is 13.0. The minimum atomic E-state index is -4.28. The van der Waals surface area contributed by atoms with E-state index in [1.54, 1.807) is 0 Å². The van der Waals surface area contributed by atoms with Crippen molar-refractivity contribution in [3.63, 3.8) is 0 Å². The second kappa shape index (κ2) is 9.51. The fourth-order valence-corrected chi connectivity index (χ4v) is 3.20. The number of methoxy groups -OCH3 is 1. The molecule has 0 rings (SSSR count). The van der Waals surface area contributed by atoms with Gasteiger partial charge in [0.2, 0.25) is 0 Å². The molecule has 1 unspecified atom stereocenters. The number of hydrogen-bond acceptors (Lipinski definition) is 4. The Morgan fingerprint density at radius 1 is 1.36 bits per heavy atom. The van der Waals surface area contributed by atoms with Gasteiger partial charge in [0.15, 0.2) is 15.1 Å². The van der Waals surface area contributed by atoms with Crippen LogP contribution in [0.15, 0.2) is 12.2 Å². The van der Waals surface area contributed by atoms with E-state index in [2.05, 4.69) is 10.7 Å². The summed E-state index contributed by atoms with van der Waals surface area (Å²) in [5, 5.41) is -1.35. The number of rotatable bonds is 9. The van der Waals surface area contributed by atoms with E-state index in [4.69, 9.17) is 6.42 Å². The maximum absolute atomic E-state index is 12.1. The van der Waals surface area contributed by atoms with Crippen LogP contribution in [0, 0.1) is 12.3 Å². The van der Waals surface area contributed by atoms with Crippen LogP contribution in [0.3, 0.4) is 0 Å². The van der Waals surface area contributed by atoms with E-state index in [0.29, 0.717) is 12.8 Å². The molecule has 0 heterocycles. The minimum absolute atomic E-state index is 0.0234. The first-order chi connectivity index (χ1) is 10.1. The molecule has 0 fully saturated rings. The summed E-state index contributed by atoms with van der Waals surface area (Å²) in [6, 6.07) is 0. The Morgan fingerprint density at radius 2 is 2.00 bits per heavy atom. The average molecular weight is 340 g/mol. The van der Waals surface area contributed by atoms with Crippen molar-refractivity contribution in [2.45, 2.75) is 43.5 Å². The summed E-state index contributed by atoms with van der Waals surface area (Å²) in [7, 11) is -2.77. The molecule has 0 aliphatic heterocycles. The molecule has 126 valence electrons. The number of allylic oxidation sites excluding steroid dienone is 1. The molecule has 0 aromatic carbocycles. The van der Waals surface area contributed by atoms with E-state index in [9.17, 15) is 26.4 Å². The molecule has 0 aromatic heterocycles. The fourth-order valence-electron chi connectivity index (χ4n) is 1.65. The third-order valence-corrected chi connectivity index (χ3v) is 4.73. The summed E-state index contributed by atoms with van der Waals surface area (Å²) < 4.78 is 64.4. The van der Waals surface area contributed by atoms with Crippen LogP contribution in [0.25, 0.3) is 0 Å². The molecule has 0 spiro atoms. The molecule has 0 saturated carbocycles. The van der Waals surface area contributed by atoms with Crippen molar-refractivity contribution in [2.75, 3.05) is 12.9 Å². The van der Waals surface area contributed by atoms with Gasteiger partial charge in [0, 0.05) is 12.8 Å². The Hall–Kier alpha value is -1.49. The van der Waals surface area contributed by atoms with Crippen LogP contribution in [0.2, 0.25) is 0 Å². The Bertz CT molecular complexity index is 515. The highest BCUT2D eigenvalue weighted by molar-refractivity contribution is 7.92. The van der Waals surface area contributed by atoms with Crippen LogP contribution in [0.5, 0.6) is 0 Å². The Morgan fingerprint density at radius 3 is 2.50 bits per heavy atom. The maximum Gasteiger partial charge on any atom is 0.389 e. The van der Waals surface area contributed by atoms with Gasteiger partial charge in [-0.3, -0.25) is 4.79 Å². The molecule has 0 aliphatic rings. The van der Waals surface area contributed by atoms with E-state index in [1.807, 2.05) is 0 Å².